The third-order valence-electron chi connectivity index (χ3n) is 2.85. The van der Waals surface area contributed by atoms with Crippen molar-refractivity contribution in [2.24, 2.45) is 0 Å². The van der Waals surface area contributed by atoms with Crippen molar-refractivity contribution in [2.75, 3.05) is 20.3 Å². The predicted octanol–water partition coefficient (Wildman–Crippen LogP) is 2.09. The van der Waals surface area contributed by atoms with Crippen molar-refractivity contribution in [2.45, 2.75) is 13.8 Å². The van der Waals surface area contributed by atoms with Gasteiger partial charge in [-0.15, -0.1) is 0 Å². The van der Waals surface area contributed by atoms with E-state index in [9.17, 15) is 4.79 Å². The van der Waals surface area contributed by atoms with Crippen LogP contribution in [0.4, 0.5) is 0 Å². The van der Waals surface area contributed by atoms with E-state index < -0.39 is 0 Å². The van der Waals surface area contributed by atoms with E-state index in [1.54, 1.807) is 7.11 Å². The number of carbonyl (C=O) groups is 1. The topological polar surface area (TPSA) is 55.6 Å². The summed E-state index contributed by atoms with van der Waals surface area (Å²) in [5.41, 5.74) is 3.11. The molecule has 6 heteroatoms. The number of nitrogens with one attached hydrogen (secondary N) is 1. The van der Waals surface area contributed by atoms with Gasteiger partial charge in [0.15, 0.2) is 0 Å². The molecule has 102 valence electrons. The molecule has 0 aliphatic rings. The molecule has 5 nitrogen and oxygen atoms in total. The van der Waals surface area contributed by atoms with Crippen LogP contribution in [-0.4, -0.2) is 35.6 Å². The van der Waals surface area contributed by atoms with E-state index >= 15 is 0 Å². The van der Waals surface area contributed by atoms with Gasteiger partial charge in [0.1, 0.15) is 11.3 Å². The maximum Gasteiger partial charge on any atom is 0.270 e. The van der Waals surface area contributed by atoms with Crippen LogP contribution in [0.2, 0.25) is 0 Å². The SMILES string of the molecule is COCCNC(=O)c1c(C)nc2c(C)cc(Br)cn12. The fourth-order valence-electron chi connectivity index (χ4n) is 2.01. The summed E-state index contributed by atoms with van der Waals surface area (Å²) >= 11 is 3.44. The van der Waals surface area contributed by atoms with Crippen LogP contribution in [0.5, 0.6) is 0 Å². The lowest BCUT2D eigenvalue weighted by molar-refractivity contribution is 0.0930. The van der Waals surface area contributed by atoms with E-state index in [-0.39, 0.29) is 5.91 Å². The Kier molecular flexibility index (Phi) is 4.21. The summed E-state index contributed by atoms with van der Waals surface area (Å²) in [5.74, 6) is -0.139. The molecule has 19 heavy (non-hydrogen) atoms. The van der Waals surface area contributed by atoms with Crippen LogP contribution >= 0.6 is 15.9 Å². The number of aryl methyl sites for hydroxylation is 2. The average molecular weight is 326 g/mol. The van der Waals surface area contributed by atoms with E-state index in [0.717, 1.165) is 21.4 Å². The monoisotopic (exact) mass is 325 g/mol. The third-order valence-corrected chi connectivity index (χ3v) is 3.29. The molecule has 0 saturated carbocycles. The maximum absolute atomic E-state index is 12.2. The molecule has 0 atom stereocenters. The highest BCUT2D eigenvalue weighted by atomic mass is 79.9. The van der Waals surface area contributed by atoms with E-state index in [2.05, 4.69) is 26.2 Å². The van der Waals surface area contributed by atoms with Gasteiger partial charge in [-0.2, -0.15) is 0 Å². The molecule has 2 aromatic heterocycles. The Balaban J connectivity index is 2.42. The number of imidazole rings is 1. The number of halogens is 1. The zero-order chi connectivity index (χ0) is 14.0. The minimum Gasteiger partial charge on any atom is -0.383 e. The molecule has 2 rings (SSSR count). The highest BCUT2D eigenvalue weighted by molar-refractivity contribution is 9.10. The molecule has 0 bridgehead atoms. The number of amides is 1. The van der Waals surface area contributed by atoms with Crippen LogP contribution in [-0.2, 0) is 4.74 Å². The Labute approximate surface area is 120 Å². The first-order valence-electron chi connectivity index (χ1n) is 5.96. The first-order valence-corrected chi connectivity index (χ1v) is 6.76. The van der Waals surface area contributed by atoms with Crippen molar-refractivity contribution in [3.05, 3.63) is 33.7 Å². The van der Waals surface area contributed by atoms with Crippen LogP contribution in [0, 0.1) is 13.8 Å². The van der Waals surface area contributed by atoms with Crippen LogP contribution in [0.15, 0.2) is 16.7 Å². The molecule has 2 aromatic rings. The van der Waals surface area contributed by atoms with Gasteiger partial charge < -0.3 is 10.1 Å². The highest BCUT2D eigenvalue weighted by Crippen LogP contribution is 2.20. The molecule has 0 aromatic carbocycles. The maximum atomic E-state index is 12.2. The molecule has 0 aliphatic heterocycles. The fourth-order valence-corrected chi connectivity index (χ4v) is 2.55. The van der Waals surface area contributed by atoms with Crippen molar-refractivity contribution < 1.29 is 9.53 Å². The number of nitrogens with zero attached hydrogens (tertiary/aromatic N) is 2. The van der Waals surface area contributed by atoms with Crippen LogP contribution in [0.3, 0.4) is 0 Å². The number of fused-ring (bicyclic) bond motifs is 1. The predicted molar refractivity (Wildman–Crippen MR) is 76.6 cm³/mol. The molecule has 2 heterocycles. The molecule has 0 saturated heterocycles. The number of rotatable bonds is 4. The van der Waals surface area contributed by atoms with Crippen LogP contribution in [0.25, 0.3) is 5.65 Å². The number of hydrogen-bond acceptors (Lipinski definition) is 3. The van der Waals surface area contributed by atoms with Gasteiger partial charge in [0.05, 0.1) is 12.3 Å². The Morgan fingerprint density at radius 1 is 1.53 bits per heavy atom. The summed E-state index contributed by atoms with van der Waals surface area (Å²) in [7, 11) is 1.60. The molecular weight excluding hydrogens is 310 g/mol. The van der Waals surface area contributed by atoms with Gasteiger partial charge in [-0.3, -0.25) is 9.20 Å². The summed E-state index contributed by atoms with van der Waals surface area (Å²) in [5, 5.41) is 2.82. The van der Waals surface area contributed by atoms with E-state index in [1.165, 1.54) is 0 Å². The lowest BCUT2D eigenvalue weighted by Crippen LogP contribution is -2.28. The normalized spacial score (nSPS) is 10.9. The van der Waals surface area contributed by atoms with Gasteiger partial charge in [0.2, 0.25) is 0 Å². The zero-order valence-corrected chi connectivity index (χ0v) is 12.7. The van der Waals surface area contributed by atoms with Gasteiger partial charge in [0, 0.05) is 24.3 Å². The minimum absolute atomic E-state index is 0.139. The molecule has 1 N–H and O–H groups in total. The number of carbonyl (C=O) groups excluding carboxylic acids is 1. The second kappa shape index (κ2) is 5.71. The lowest BCUT2D eigenvalue weighted by Gasteiger charge is -2.06. The molecule has 0 aliphatic carbocycles. The molecule has 0 spiro atoms. The van der Waals surface area contributed by atoms with Crippen molar-refractivity contribution in [1.29, 1.82) is 0 Å². The van der Waals surface area contributed by atoms with Gasteiger partial charge in [-0.25, -0.2) is 4.98 Å². The smallest absolute Gasteiger partial charge is 0.270 e. The minimum atomic E-state index is -0.139. The molecule has 0 fully saturated rings. The standard InChI is InChI=1S/C13H16BrN3O2/c1-8-6-10(14)7-17-11(9(2)16-12(8)17)13(18)15-4-5-19-3/h6-7H,4-5H2,1-3H3,(H,15,18). The van der Waals surface area contributed by atoms with E-state index in [1.807, 2.05) is 30.5 Å². The first kappa shape index (κ1) is 14.0. The van der Waals surface area contributed by atoms with Crippen molar-refractivity contribution in [1.82, 2.24) is 14.7 Å². The second-order valence-corrected chi connectivity index (χ2v) is 5.25. The van der Waals surface area contributed by atoms with Crippen molar-refractivity contribution in [3.8, 4) is 0 Å². The number of hydrogen-bond donors (Lipinski definition) is 1. The summed E-state index contributed by atoms with van der Waals surface area (Å²) in [6.45, 7) is 4.78. The van der Waals surface area contributed by atoms with E-state index in [4.69, 9.17) is 4.74 Å². The highest BCUT2D eigenvalue weighted by Gasteiger charge is 2.17. The molecular formula is C13H16BrN3O2. The quantitative estimate of drug-likeness (QED) is 0.876. The zero-order valence-electron chi connectivity index (χ0n) is 11.2. The van der Waals surface area contributed by atoms with Gasteiger partial charge in [-0.1, -0.05) is 0 Å². The van der Waals surface area contributed by atoms with Gasteiger partial charge in [0.25, 0.3) is 5.91 Å². The Morgan fingerprint density at radius 3 is 2.95 bits per heavy atom. The Bertz CT molecular complexity index is 622. The molecule has 1 amide bonds. The van der Waals surface area contributed by atoms with Crippen molar-refractivity contribution >= 4 is 27.5 Å². The summed E-state index contributed by atoms with van der Waals surface area (Å²) in [6.07, 6.45) is 1.85. The van der Waals surface area contributed by atoms with Crippen LogP contribution < -0.4 is 5.32 Å². The number of ether oxygens (including phenoxy) is 1. The summed E-state index contributed by atoms with van der Waals surface area (Å²) in [6, 6.07) is 1.98. The van der Waals surface area contributed by atoms with E-state index in [0.29, 0.717) is 18.8 Å². The lowest BCUT2D eigenvalue weighted by atomic mass is 10.3. The van der Waals surface area contributed by atoms with Gasteiger partial charge >= 0.3 is 0 Å². The number of aromatic nitrogens is 2. The second-order valence-electron chi connectivity index (χ2n) is 4.33. The average Bonchev–Trinajstić information content (AvgIpc) is 2.66. The summed E-state index contributed by atoms with van der Waals surface area (Å²) in [4.78, 5) is 16.6. The summed E-state index contributed by atoms with van der Waals surface area (Å²) < 4.78 is 7.65. The number of methoxy groups -OCH3 is 1. The molecule has 0 unspecified atom stereocenters. The Hall–Kier alpha value is -1.40. The first-order chi connectivity index (χ1) is 9.04. The van der Waals surface area contributed by atoms with Gasteiger partial charge in [-0.05, 0) is 41.4 Å². The van der Waals surface area contributed by atoms with Crippen molar-refractivity contribution in [3.63, 3.8) is 0 Å². The third kappa shape index (κ3) is 2.79. The fraction of sp³-hybridized carbons (Fsp3) is 0.385. The number of pyridine rings is 1. The Morgan fingerprint density at radius 2 is 2.26 bits per heavy atom. The molecule has 0 radical (unpaired) electrons. The van der Waals surface area contributed by atoms with Crippen LogP contribution in [0.1, 0.15) is 21.7 Å². The largest absolute Gasteiger partial charge is 0.383 e.